The van der Waals surface area contributed by atoms with Crippen LogP contribution >= 0.6 is 0 Å². The maximum absolute atomic E-state index is 6.25. The Balaban J connectivity index is 4.07. The van der Waals surface area contributed by atoms with E-state index in [1.807, 2.05) is 0 Å². The van der Waals surface area contributed by atoms with Gasteiger partial charge in [-0.05, 0) is 78.3 Å². The van der Waals surface area contributed by atoms with Crippen molar-refractivity contribution in [1.29, 1.82) is 5.53 Å². The summed E-state index contributed by atoms with van der Waals surface area (Å²) in [4.78, 5) is 0. The molecule has 0 spiro atoms. The maximum atomic E-state index is 6.25. The van der Waals surface area contributed by atoms with Crippen molar-refractivity contribution in [3.63, 3.8) is 0 Å². The highest BCUT2D eigenvalue weighted by atomic mass is 15.8. The molecule has 0 aromatic carbocycles. The van der Waals surface area contributed by atoms with E-state index in [-0.39, 0.29) is 0 Å². The van der Waals surface area contributed by atoms with Crippen LogP contribution in [0.5, 0.6) is 0 Å². The van der Waals surface area contributed by atoms with Gasteiger partial charge in [0, 0.05) is 204 Å². The first kappa shape index (κ1) is 45.6. The number of hydrogen-bond donors (Lipinski definition) is 2. The van der Waals surface area contributed by atoms with Crippen molar-refractivity contribution in [2.75, 3.05) is 0 Å². The van der Waals surface area contributed by atoms with Crippen LogP contribution < -0.4 is 5.84 Å². The van der Waals surface area contributed by atoms with Gasteiger partial charge in [0.1, 0.15) is 0 Å². The van der Waals surface area contributed by atoms with E-state index in [0.717, 1.165) is 0 Å². The Morgan fingerprint density at radius 3 is 0.316 bits per heavy atom. The lowest BCUT2D eigenvalue weighted by molar-refractivity contribution is 0.724. The third-order valence-corrected chi connectivity index (χ3v) is 2.18. The summed E-state index contributed by atoms with van der Waals surface area (Å²) in [6.45, 7) is 0. The number of nitrogens with two attached hydrogens (primary N) is 1. The van der Waals surface area contributed by atoms with Crippen LogP contribution in [0.2, 0.25) is 0 Å². The van der Waals surface area contributed by atoms with Crippen LogP contribution in [0.15, 0.2) is 287 Å². The van der Waals surface area contributed by atoms with Crippen LogP contribution in [0.3, 0.4) is 0 Å². The minimum Gasteiger partial charge on any atom is -0.303 e. The molecule has 57 heteroatoms. The Bertz CT molecular complexity index is 1850. The molecule has 0 aliphatic carbocycles. The van der Waals surface area contributed by atoms with Gasteiger partial charge in [-0.25, -0.2) is 0 Å². The fourth-order valence-electron chi connectivity index (χ4n) is 0.955. The molecule has 0 radical (unpaired) electrons. The summed E-state index contributed by atoms with van der Waals surface area (Å²) in [6.07, 6.45) is 0. The van der Waals surface area contributed by atoms with Crippen LogP contribution in [0.1, 0.15) is 0 Å². The lowest BCUT2D eigenvalue weighted by Crippen LogP contribution is -1.70. The standard InChI is InChI=1S/H3N57/c1-3-5-7-9-11-13-15-17-19-21-23-25-27-29-31-33-35-37-39-41-43-45-47-49-51-53-55-57-56-54-52-50-48-46-44-42-40-38-36-34-32-30-28-26-24-22-20-18-16-14-12-10-8-6-4-2/h(H3,1,2,5,6,9,10,13,14,17,18,21,22,25,26,29,30,33,34,37,38,41,42,45,46,49,50,53,54,57). The normalized spacial score (nSPS) is 15.4. The molecular formula is H3N57. The number of nitrogens with one attached hydrogen (secondary N) is 1. The second-order valence-electron chi connectivity index (χ2n) is 4.96. The summed E-state index contributed by atoms with van der Waals surface area (Å²) in [5.41, 5.74) is 6.25. The van der Waals surface area contributed by atoms with Gasteiger partial charge in [0.15, 0.2) is 0 Å². The van der Waals surface area contributed by atoms with Gasteiger partial charge in [-0.2, -0.15) is 5.53 Å². The van der Waals surface area contributed by atoms with Crippen molar-refractivity contribution in [2.45, 2.75) is 0 Å². The molecule has 57 heavy (non-hydrogen) atoms. The summed E-state index contributed by atoms with van der Waals surface area (Å²) in [7, 11) is 0. The molecule has 0 atom stereocenters. The Hall–Kier alpha value is -11.4. The average molecular weight is 801 g/mol. The molecule has 0 aliphatic rings. The Labute approximate surface area is 299 Å². The SMILES string of the molecule is N=N/N=N/N=N/N=N/N=N/N=N/N=N/N=N/N=N/N=N/N=N/N=N/N=N/N=N/N=N/N=N/N=N/N=N/N=N/N=N/N=N/N=N/N=N/N=N/N=N/N=N/N=N/N=N/N. The van der Waals surface area contributed by atoms with Crippen molar-refractivity contribution in [2.24, 2.45) is 293 Å². The molecule has 288 valence electrons. The Morgan fingerprint density at radius 2 is 0.228 bits per heavy atom. The van der Waals surface area contributed by atoms with Gasteiger partial charge in [-0.1, -0.05) is 5.22 Å². The van der Waals surface area contributed by atoms with Crippen LogP contribution in [0.4, 0.5) is 0 Å². The maximum Gasteiger partial charge on any atom is 0 e. The van der Waals surface area contributed by atoms with E-state index in [4.69, 9.17) is 5.53 Å². The van der Waals surface area contributed by atoms with E-state index in [2.05, 4.69) is 293 Å². The molecule has 0 heterocycles. The fraction of sp³-hybridized carbons (Fsp3) is 0. The molecule has 0 bridgehead atoms. The van der Waals surface area contributed by atoms with E-state index >= 15 is 0 Å². The van der Waals surface area contributed by atoms with Crippen molar-refractivity contribution in [3.8, 4) is 0 Å². The summed E-state index contributed by atoms with van der Waals surface area (Å²) in [5, 5.41) is 163. The monoisotopic (exact) mass is 801 g/mol. The van der Waals surface area contributed by atoms with Crippen molar-refractivity contribution >= 4 is 0 Å². The van der Waals surface area contributed by atoms with Gasteiger partial charge in [0.2, 0.25) is 0 Å². The van der Waals surface area contributed by atoms with Crippen LogP contribution in [0.25, 0.3) is 0 Å². The zero-order valence-corrected chi connectivity index (χ0v) is 25.7. The topological polar surface area (TPSA) is 730 Å². The first-order valence-corrected chi connectivity index (χ1v) is 11.3. The zero-order valence-electron chi connectivity index (χ0n) is 25.7. The van der Waals surface area contributed by atoms with Crippen molar-refractivity contribution in [3.05, 3.63) is 0 Å². The number of rotatable bonds is 27. The highest BCUT2D eigenvalue weighted by molar-refractivity contribution is 4.18. The average Bonchev–Trinajstić information content (AvgIpc) is 3.22. The van der Waals surface area contributed by atoms with Crippen LogP contribution in [-0.4, -0.2) is 0 Å². The van der Waals surface area contributed by atoms with Gasteiger partial charge in [0.25, 0.3) is 0 Å². The minimum atomic E-state index is 2.50. The number of hydrogen-bond acceptors (Lipinski definition) is 2. The summed E-state index contributed by atoms with van der Waals surface area (Å²) < 4.78 is 0. The molecule has 0 fully saturated rings. The van der Waals surface area contributed by atoms with Gasteiger partial charge in [-0.15, -0.1) is 0 Å². The number of nitrogens with zero attached hydrogens (tertiary/aromatic N) is 55. The summed E-state index contributed by atoms with van der Waals surface area (Å²) in [6, 6.07) is 0. The third kappa shape index (κ3) is 44.6. The first-order chi connectivity index (χ1) is 28.4. The molecule has 0 amide bonds. The van der Waals surface area contributed by atoms with E-state index in [0.29, 0.717) is 0 Å². The molecule has 0 saturated heterocycles. The van der Waals surface area contributed by atoms with E-state index in [1.165, 1.54) is 0 Å². The quantitative estimate of drug-likeness (QED) is 0.0457. The zero-order chi connectivity index (χ0) is 40.9. The molecule has 0 rings (SSSR count). The lowest BCUT2D eigenvalue weighted by Gasteiger charge is -1.70. The molecule has 57 nitrogen and oxygen atoms in total. The second kappa shape index (κ2) is 44.6. The summed E-state index contributed by atoms with van der Waals surface area (Å²) >= 11 is 0. The second-order valence-corrected chi connectivity index (χ2v) is 4.96. The van der Waals surface area contributed by atoms with Crippen molar-refractivity contribution < 1.29 is 0 Å². The van der Waals surface area contributed by atoms with Crippen LogP contribution in [-0.2, 0) is 0 Å². The van der Waals surface area contributed by atoms with Crippen LogP contribution in [0, 0.1) is 5.53 Å². The fourth-order valence-corrected chi connectivity index (χ4v) is 0.955. The Kier molecular flexibility index (Phi) is 35.7. The van der Waals surface area contributed by atoms with Gasteiger partial charge in [0.05, 0.1) is 0 Å². The predicted octanol–water partition coefficient (Wildman–Crippen LogP) is 9.81. The smallest absolute Gasteiger partial charge is 0 e. The van der Waals surface area contributed by atoms with Crippen molar-refractivity contribution in [1.82, 2.24) is 0 Å². The van der Waals surface area contributed by atoms with Gasteiger partial charge < -0.3 is 5.84 Å². The highest BCUT2D eigenvalue weighted by Gasteiger charge is 1.75. The molecular weight excluding hydrogens is 798 g/mol. The molecule has 0 unspecified atom stereocenters. The molecule has 0 aliphatic heterocycles. The molecule has 3 N–H and O–H groups in total. The summed E-state index contributed by atoms with van der Waals surface area (Å²) in [5.74, 6) is 4.63. The first-order valence-electron chi connectivity index (χ1n) is 11.3. The van der Waals surface area contributed by atoms with Gasteiger partial charge in [-0.3, -0.25) is 0 Å². The van der Waals surface area contributed by atoms with Gasteiger partial charge >= 0.3 is 0 Å². The largest absolute Gasteiger partial charge is 0.303 e. The minimum absolute atomic E-state index is 2.50. The molecule has 0 saturated carbocycles. The molecule has 0 aromatic heterocycles. The Morgan fingerprint density at radius 1 is 0.140 bits per heavy atom. The highest BCUT2D eigenvalue weighted by Crippen LogP contribution is 1.94. The third-order valence-electron chi connectivity index (χ3n) is 2.18. The lowest BCUT2D eigenvalue weighted by atomic mass is 12.3. The molecule has 0 aromatic rings. The van der Waals surface area contributed by atoms with E-state index < -0.39 is 0 Å². The predicted molar refractivity (Wildman–Crippen MR) is 140 cm³/mol. The van der Waals surface area contributed by atoms with E-state index in [9.17, 15) is 0 Å². The van der Waals surface area contributed by atoms with E-state index in [1.54, 1.807) is 0 Å².